The molecule has 0 N–H and O–H groups in total. The minimum atomic E-state index is -0.838. The highest BCUT2D eigenvalue weighted by atomic mass is 16.6. The molecule has 8 nitrogen and oxygen atoms in total. The summed E-state index contributed by atoms with van der Waals surface area (Å²) in [7, 11) is 0. The van der Waals surface area contributed by atoms with E-state index in [0.717, 1.165) is 0 Å². The van der Waals surface area contributed by atoms with Crippen LogP contribution in [0.1, 0.15) is 42.7 Å². The van der Waals surface area contributed by atoms with Crippen LogP contribution in [0.3, 0.4) is 0 Å². The third-order valence-electron chi connectivity index (χ3n) is 5.41. The first-order valence-electron chi connectivity index (χ1n) is 8.78. The van der Waals surface area contributed by atoms with Crippen LogP contribution >= 0.6 is 0 Å². The first-order valence-corrected chi connectivity index (χ1v) is 8.78. The molecule has 1 aromatic carbocycles. The molecule has 0 bridgehead atoms. The number of carbonyl (C=O) groups is 5. The molecule has 4 atom stereocenters. The van der Waals surface area contributed by atoms with E-state index in [2.05, 4.69) is 11.3 Å². The van der Waals surface area contributed by atoms with Gasteiger partial charge in [0.1, 0.15) is 5.75 Å². The van der Waals surface area contributed by atoms with E-state index in [1.165, 1.54) is 19.1 Å². The van der Waals surface area contributed by atoms with Gasteiger partial charge in [-0.25, -0.2) is 4.79 Å². The molecule has 2 saturated heterocycles. The maximum absolute atomic E-state index is 12.3. The van der Waals surface area contributed by atoms with Crippen LogP contribution in [0, 0.1) is 11.8 Å². The Hall–Kier alpha value is -3.29. The monoisotopic (exact) mass is 384 g/mol. The number of cyclic esters (lactones) is 4. The van der Waals surface area contributed by atoms with Gasteiger partial charge in [-0.05, 0) is 42.5 Å². The van der Waals surface area contributed by atoms with Crippen LogP contribution < -0.4 is 4.74 Å². The zero-order valence-electron chi connectivity index (χ0n) is 14.9. The van der Waals surface area contributed by atoms with Gasteiger partial charge < -0.3 is 14.2 Å². The van der Waals surface area contributed by atoms with Crippen LogP contribution in [0.4, 0.5) is 0 Å². The highest BCUT2D eigenvalue weighted by Gasteiger charge is 2.53. The minimum absolute atomic E-state index is 0.0876. The minimum Gasteiger partial charge on any atom is -0.423 e. The molecule has 2 fully saturated rings. The summed E-state index contributed by atoms with van der Waals surface area (Å²) in [5.74, 6) is -5.86. The van der Waals surface area contributed by atoms with Gasteiger partial charge in [0.2, 0.25) is 0 Å². The molecular weight excluding hydrogens is 368 g/mol. The lowest BCUT2D eigenvalue weighted by molar-refractivity contribution is -0.155. The highest BCUT2D eigenvalue weighted by Crippen LogP contribution is 2.51. The molecule has 144 valence electrons. The van der Waals surface area contributed by atoms with Crippen molar-refractivity contribution >= 4 is 29.8 Å². The van der Waals surface area contributed by atoms with E-state index < -0.39 is 53.5 Å². The zero-order valence-corrected chi connectivity index (χ0v) is 14.9. The van der Waals surface area contributed by atoms with Gasteiger partial charge in [-0.15, -0.1) is 0 Å². The SMILES string of the molecule is C=C(C)C(=O)Oc1ccc2c(c1)C1C(=O)OC(=O)C1CC2C1CC(=O)OC1=O. The van der Waals surface area contributed by atoms with E-state index in [1.807, 2.05) is 0 Å². The number of benzene rings is 1. The predicted octanol–water partition coefficient (Wildman–Crippen LogP) is 1.53. The van der Waals surface area contributed by atoms with E-state index in [4.69, 9.17) is 9.47 Å². The van der Waals surface area contributed by atoms with Crippen molar-refractivity contribution in [3.05, 3.63) is 41.5 Å². The first-order chi connectivity index (χ1) is 13.3. The summed E-state index contributed by atoms with van der Waals surface area (Å²) in [6, 6.07) is 4.68. The molecule has 0 aromatic heterocycles. The van der Waals surface area contributed by atoms with E-state index in [0.29, 0.717) is 11.1 Å². The smallest absolute Gasteiger partial charge is 0.338 e. The number of carbonyl (C=O) groups excluding carboxylic acids is 5. The molecule has 4 unspecified atom stereocenters. The standard InChI is InChI=1S/C20H16O8/c1-8(2)17(22)26-9-3-4-10-11(13-7-15(21)27-18(13)23)6-14-16(12(10)5-9)20(25)28-19(14)24/h3-5,11,13-14,16H,1,6-7H2,2H3. The van der Waals surface area contributed by atoms with Crippen LogP contribution in [0.5, 0.6) is 5.75 Å². The molecule has 2 heterocycles. The number of rotatable bonds is 3. The maximum atomic E-state index is 12.3. The summed E-state index contributed by atoms with van der Waals surface area (Å²) in [5.41, 5.74) is 1.30. The molecule has 2 aliphatic heterocycles. The van der Waals surface area contributed by atoms with Crippen molar-refractivity contribution in [3.63, 3.8) is 0 Å². The van der Waals surface area contributed by atoms with Crippen molar-refractivity contribution in [2.24, 2.45) is 11.8 Å². The van der Waals surface area contributed by atoms with Crippen LogP contribution in [0.15, 0.2) is 30.4 Å². The summed E-state index contributed by atoms with van der Waals surface area (Å²) >= 11 is 0. The van der Waals surface area contributed by atoms with Crippen LogP contribution in [-0.2, 0) is 33.4 Å². The molecule has 0 radical (unpaired) electrons. The second-order valence-corrected chi connectivity index (χ2v) is 7.23. The number of esters is 5. The van der Waals surface area contributed by atoms with E-state index in [-0.39, 0.29) is 24.2 Å². The Morgan fingerprint density at radius 3 is 2.36 bits per heavy atom. The Labute approximate surface area is 159 Å². The normalized spacial score (nSPS) is 28.3. The fourth-order valence-electron chi connectivity index (χ4n) is 4.11. The van der Waals surface area contributed by atoms with E-state index in [9.17, 15) is 24.0 Å². The summed E-state index contributed by atoms with van der Waals surface area (Å²) in [6.07, 6.45) is 0.107. The van der Waals surface area contributed by atoms with Gasteiger partial charge in [0, 0.05) is 5.57 Å². The van der Waals surface area contributed by atoms with Gasteiger partial charge in [-0.3, -0.25) is 19.2 Å². The Bertz CT molecular complexity index is 959. The average molecular weight is 384 g/mol. The third kappa shape index (κ3) is 2.81. The van der Waals surface area contributed by atoms with Crippen molar-refractivity contribution in [1.82, 2.24) is 0 Å². The molecule has 0 amide bonds. The largest absolute Gasteiger partial charge is 0.423 e. The lowest BCUT2D eigenvalue weighted by atomic mass is 9.67. The van der Waals surface area contributed by atoms with Gasteiger partial charge in [0.25, 0.3) is 0 Å². The van der Waals surface area contributed by atoms with Crippen molar-refractivity contribution in [1.29, 1.82) is 0 Å². The second-order valence-electron chi connectivity index (χ2n) is 7.23. The molecule has 8 heteroatoms. The zero-order chi connectivity index (χ0) is 20.2. The lowest BCUT2D eigenvalue weighted by Gasteiger charge is -2.33. The number of hydrogen-bond donors (Lipinski definition) is 0. The Morgan fingerprint density at radius 2 is 1.71 bits per heavy atom. The topological polar surface area (TPSA) is 113 Å². The fourth-order valence-corrected chi connectivity index (χ4v) is 4.11. The molecule has 0 saturated carbocycles. The van der Waals surface area contributed by atoms with Gasteiger partial charge in [-0.2, -0.15) is 0 Å². The van der Waals surface area contributed by atoms with E-state index in [1.54, 1.807) is 6.07 Å². The average Bonchev–Trinajstić information content (AvgIpc) is 3.11. The summed E-state index contributed by atoms with van der Waals surface area (Å²) in [5, 5.41) is 0. The Kier molecular flexibility index (Phi) is 4.14. The van der Waals surface area contributed by atoms with E-state index >= 15 is 0 Å². The molecule has 1 aliphatic carbocycles. The molecule has 0 spiro atoms. The summed E-state index contributed by atoms with van der Waals surface area (Å²) < 4.78 is 14.7. The van der Waals surface area contributed by atoms with Gasteiger partial charge in [0.05, 0.1) is 24.2 Å². The summed E-state index contributed by atoms with van der Waals surface area (Å²) in [6.45, 7) is 5.02. The quantitative estimate of drug-likeness (QED) is 0.334. The summed E-state index contributed by atoms with van der Waals surface area (Å²) in [4.78, 5) is 59.9. The Morgan fingerprint density at radius 1 is 1.00 bits per heavy atom. The highest BCUT2D eigenvalue weighted by molar-refractivity contribution is 6.01. The van der Waals surface area contributed by atoms with Crippen molar-refractivity contribution < 1.29 is 38.2 Å². The number of fused-ring (bicyclic) bond motifs is 3. The number of hydrogen-bond acceptors (Lipinski definition) is 8. The van der Waals surface area contributed by atoms with Gasteiger partial charge in [0.15, 0.2) is 0 Å². The van der Waals surface area contributed by atoms with Crippen molar-refractivity contribution in [2.75, 3.05) is 0 Å². The number of ether oxygens (including phenoxy) is 3. The molecular formula is C20H16O8. The van der Waals surface area contributed by atoms with Crippen molar-refractivity contribution in [3.8, 4) is 5.75 Å². The van der Waals surface area contributed by atoms with Crippen LogP contribution in [0.2, 0.25) is 0 Å². The predicted molar refractivity (Wildman–Crippen MR) is 90.8 cm³/mol. The lowest BCUT2D eigenvalue weighted by Crippen LogP contribution is -2.31. The van der Waals surface area contributed by atoms with Crippen LogP contribution in [0.25, 0.3) is 0 Å². The van der Waals surface area contributed by atoms with Gasteiger partial charge in [-0.1, -0.05) is 12.6 Å². The van der Waals surface area contributed by atoms with Crippen molar-refractivity contribution in [2.45, 2.75) is 31.6 Å². The molecule has 1 aromatic rings. The first kappa shape index (κ1) is 18.1. The second kappa shape index (κ2) is 6.40. The Balaban J connectivity index is 1.78. The third-order valence-corrected chi connectivity index (χ3v) is 5.41. The fraction of sp³-hybridized carbons (Fsp3) is 0.350. The molecule has 28 heavy (non-hydrogen) atoms. The molecule has 3 aliphatic rings. The molecule has 4 rings (SSSR count). The van der Waals surface area contributed by atoms with Gasteiger partial charge >= 0.3 is 29.8 Å². The van der Waals surface area contributed by atoms with Crippen LogP contribution in [-0.4, -0.2) is 29.8 Å². The maximum Gasteiger partial charge on any atom is 0.338 e.